The summed E-state index contributed by atoms with van der Waals surface area (Å²) in [6.45, 7) is 0. The van der Waals surface area contributed by atoms with E-state index in [4.69, 9.17) is 0 Å². The number of pyridine rings is 2. The van der Waals surface area contributed by atoms with Crippen molar-refractivity contribution in [3.05, 3.63) is 54.0 Å². The molecule has 0 radical (unpaired) electrons. The van der Waals surface area contributed by atoms with Gasteiger partial charge in [0, 0.05) is 12.4 Å². The zero-order valence-corrected chi connectivity index (χ0v) is 9.48. The average Bonchev–Trinajstić information content (AvgIpc) is 2.39. The molecule has 0 aliphatic heterocycles. The summed E-state index contributed by atoms with van der Waals surface area (Å²) in [6.07, 6.45) is -2.16. The molecular formula is C12H8F3N3O. The summed E-state index contributed by atoms with van der Waals surface area (Å²) >= 11 is 0. The maximum absolute atomic E-state index is 12.3. The fourth-order valence-corrected chi connectivity index (χ4v) is 1.32. The Balaban J connectivity index is 2.12. The van der Waals surface area contributed by atoms with E-state index in [2.05, 4.69) is 15.3 Å². The Morgan fingerprint density at radius 3 is 2.42 bits per heavy atom. The molecule has 19 heavy (non-hydrogen) atoms. The van der Waals surface area contributed by atoms with Crippen LogP contribution in [0.25, 0.3) is 0 Å². The van der Waals surface area contributed by atoms with Gasteiger partial charge in [0.2, 0.25) is 0 Å². The van der Waals surface area contributed by atoms with Crippen molar-refractivity contribution < 1.29 is 18.0 Å². The predicted molar refractivity (Wildman–Crippen MR) is 61.4 cm³/mol. The van der Waals surface area contributed by atoms with Crippen molar-refractivity contribution in [1.29, 1.82) is 0 Å². The first-order chi connectivity index (χ1) is 8.97. The average molecular weight is 267 g/mol. The molecule has 2 aromatic rings. The highest BCUT2D eigenvalue weighted by Gasteiger charge is 2.32. The van der Waals surface area contributed by atoms with Crippen molar-refractivity contribution in [1.82, 2.24) is 9.97 Å². The van der Waals surface area contributed by atoms with E-state index in [9.17, 15) is 18.0 Å². The maximum atomic E-state index is 12.3. The third-order valence-electron chi connectivity index (χ3n) is 2.22. The van der Waals surface area contributed by atoms with E-state index in [1.54, 1.807) is 18.2 Å². The summed E-state index contributed by atoms with van der Waals surface area (Å²) in [5.41, 5.74) is -1.01. The van der Waals surface area contributed by atoms with E-state index in [0.29, 0.717) is 5.82 Å². The molecule has 0 aliphatic rings. The van der Waals surface area contributed by atoms with Crippen molar-refractivity contribution in [2.75, 3.05) is 5.32 Å². The Labute approximate surface area is 106 Å². The van der Waals surface area contributed by atoms with Gasteiger partial charge in [0.05, 0.1) is 5.56 Å². The molecule has 4 nitrogen and oxygen atoms in total. The first-order valence-corrected chi connectivity index (χ1v) is 5.22. The summed E-state index contributed by atoms with van der Waals surface area (Å²) < 4.78 is 36.9. The molecule has 1 amide bonds. The molecule has 2 rings (SSSR count). The largest absolute Gasteiger partial charge is 0.433 e. The zero-order valence-electron chi connectivity index (χ0n) is 9.48. The van der Waals surface area contributed by atoms with Gasteiger partial charge in [-0.15, -0.1) is 0 Å². The van der Waals surface area contributed by atoms with Crippen LogP contribution in [0.5, 0.6) is 0 Å². The van der Waals surface area contributed by atoms with E-state index in [1.165, 1.54) is 6.20 Å². The molecule has 98 valence electrons. The highest BCUT2D eigenvalue weighted by Crippen LogP contribution is 2.27. The molecule has 0 saturated carbocycles. The van der Waals surface area contributed by atoms with Crippen LogP contribution in [-0.2, 0) is 6.18 Å². The molecule has 2 heterocycles. The lowest BCUT2D eigenvalue weighted by molar-refractivity contribution is -0.141. The lowest BCUT2D eigenvalue weighted by Crippen LogP contribution is -2.14. The molecule has 0 aliphatic carbocycles. The summed E-state index contributed by atoms with van der Waals surface area (Å²) in [6, 6.07) is 6.74. The van der Waals surface area contributed by atoms with Gasteiger partial charge in [-0.2, -0.15) is 13.2 Å². The smallest absolute Gasteiger partial charge is 0.307 e. The molecule has 0 saturated heterocycles. The predicted octanol–water partition coefficient (Wildman–Crippen LogP) is 2.75. The van der Waals surface area contributed by atoms with Crippen molar-refractivity contribution in [2.45, 2.75) is 6.18 Å². The first-order valence-electron chi connectivity index (χ1n) is 5.22. The minimum Gasteiger partial charge on any atom is -0.307 e. The van der Waals surface area contributed by atoms with Gasteiger partial charge in [-0.3, -0.25) is 9.78 Å². The Bertz CT molecular complexity index is 567. The van der Waals surface area contributed by atoms with Crippen molar-refractivity contribution in [2.24, 2.45) is 0 Å². The van der Waals surface area contributed by atoms with Crippen LogP contribution in [0.3, 0.4) is 0 Å². The van der Waals surface area contributed by atoms with Crippen LogP contribution in [0, 0.1) is 0 Å². The minimum absolute atomic E-state index is 0.0265. The monoisotopic (exact) mass is 267 g/mol. The molecule has 0 spiro atoms. The molecular weight excluding hydrogens is 259 g/mol. The maximum Gasteiger partial charge on any atom is 0.433 e. The van der Waals surface area contributed by atoms with E-state index in [-0.39, 0.29) is 5.56 Å². The molecule has 0 atom stereocenters. The molecule has 0 aromatic carbocycles. The molecule has 0 fully saturated rings. The normalized spacial score (nSPS) is 11.1. The summed E-state index contributed by atoms with van der Waals surface area (Å²) in [4.78, 5) is 18.8. The van der Waals surface area contributed by atoms with Crippen LogP contribution in [0.15, 0.2) is 42.7 Å². The number of alkyl halides is 3. The number of carbonyl (C=O) groups excluding carboxylic acids is 1. The zero-order chi connectivity index (χ0) is 13.9. The number of amides is 1. The number of nitrogens with one attached hydrogen (secondary N) is 1. The van der Waals surface area contributed by atoms with Gasteiger partial charge in [0.15, 0.2) is 0 Å². The van der Waals surface area contributed by atoms with Gasteiger partial charge in [0.25, 0.3) is 5.91 Å². The van der Waals surface area contributed by atoms with E-state index >= 15 is 0 Å². The highest BCUT2D eigenvalue weighted by molar-refractivity contribution is 6.03. The van der Waals surface area contributed by atoms with Crippen LogP contribution in [0.4, 0.5) is 19.0 Å². The highest BCUT2D eigenvalue weighted by atomic mass is 19.4. The topological polar surface area (TPSA) is 54.9 Å². The van der Waals surface area contributed by atoms with Crippen LogP contribution < -0.4 is 5.32 Å². The van der Waals surface area contributed by atoms with Crippen molar-refractivity contribution in [3.63, 3.8) is 0 Å². The van der Waals surface area contributed by atoms with Gasteiger partial charge < -0.3 is 5.32 Å². The standard InChI is InChI=1S/C12H8F3N3O/c13-12(14,15)9-5-4-8(7-17-9)11(19)18-10-3-1-2-6-16-10/h1-7H,(H,16,18,19). The SMILES string of the molecule is O=C(Nc1ccccn1)c1ccc(C(F)(F)F)nc1. The number of hydrogen-bond acceptors (Lipinski definition) is 3. The van der Waals surface area contributed by atoms with E-state index in [0.717, 1.165) is 18.3 Å². The lowest BCUT2D eigenvalue weighted by atomic mass is 10.2. The van der Waals surface area contributed by atoms with Gasteiger partial charge >= 0.3 is 6.18 Å². The Hall–Kier alpha value is -2.44. The first kappa shape index (κ1) is 13.0. The summed E-state index contributed by atoms with van der Waals surface area (Å²) in [7, 11) is 0. The summed E-state index contributed by atoms with van der Waals surface area (Å²) in [5, 5.41) is 2.45. The molecule has 2 aromatic heterocycles. The Kier molecular flexibility index (Phi) is 3.46. The second kappa shape index (κ2) is 5.05. The number of anilines is 1. The quantitative estimate of drug-likeness (QED) is 0.910. The van der Waals surface area contributed by atoms with E-state index in [1.807, 2.05) is 0 Å². The Morgan fingerprint density at radius 1 is 1.11 bits per heavy atom. The third-order valence-corrected chi connectivity index (χ3v) is 2.22. The number of halogens is 3. The second-order valence-corrected chi connectivity index (χ2v) is 3.60. The number of nitrogens with zero attached hydrogens (tertiary/aromatic N) is 2. The number of aromatic nitrogens is 2. The fraction of sp³-hybridized carbons (Fsp3) is 0.0833. The molecule has 1 N–H and O–H groups in total. The Morgan fingerprint density at radius 2 is 1.89 bits per heavy atom. The van der Waals surface area contributed by atoms with Gasteiger partial charge in [-0.05, 0) is 24.3 Å². The van der Waals surface area contributed by atoms with Gasteiger partial charge in [0.1, 0.15) is 11.5 Å². The van der Waals surface area contributed by atoms with Crippen LogP contribution in [-0.4, -0.2) is 15.9 Å². The van der Waals surface area contributed by atoms with Gasteiger partial charge in [-0.1, -0.05) is 6.07 Å². The number of carbonyl (C=O) groups is 1. The van der Waals surface area contributed by atoms with E-state index < -0.39 is 17.8 Å². The minimum atomic E-state index is -4.52. The number of hydrogen-bond donors (Lipinski definition) is 1. The second-order valence-electron chi connectivity index (χ2n) is 3.60. The van der Waals surface area contributed by atoms with Crippen molar-refractivity contribution in [3.8, 4) is 0 Å². The van der Waals surface area contributed by atoms with Gasteiger partial charge in [-0.25, -0.2) is 4.98 Å². The van der Waals surface area contributed by atoms with Crippen LogP contribution in [0.2, 0.25) is 0 Å². The third kappa shape index (κ3) is 3.27. The van der Waals surface area contributed by atoms with Crippen LogP contribution >= 0.6 is 0 Å². The summed E-state index contributed by atoms with van der Waals surface area (Å²) in [5.74, 6) is -0.257. The van der Waals surface area contributed by atoms with Crippen molar-refractivity contribution >= 4 is 11.7 Å². The number of rotatable bonds is 2. The van der Waals surface area contributed by atoms with Crippen LogP contribution in [0.1, 0.15) is 16.1 Å². The molecule has 0 bridgehead atoms. The molecule has 7 heteroatoms. The fourth-order valence-electron chi connectivity index (χ4n) is 1.32. The molecule has 0 unspecified atom stereocenters. The lowest BCUT2D eigenvalue weighted by Gasteiger charge is -2.07.